The van der Waals surface area contributed by atoms with Crippen LogP contribution in [0, 0.1) is 0 Å². The third-order valence-corrected chi connectivity index (χ3v) is 4.59. The lowest BCUT2D eigenvalue weighted by molar-refractivity contribution is 0.718. The van der Waals surface area contributed by atoms with Crippen molar-refractivity contribution >= 4 is 38.9 Å². The van der Waals surface area contributed by atoms with Crippen molar-refractivity contribution in [2.45, 2.75) is 6.42 Å². The molecule has 2 aromatic heterocycles. The predicted molar refractivity (Wildman–Crippen MR) is 76.9 cm³/mol. The monoisotopic (exact) mass is 333 g/mol. The second kappa shape index (κ2) is 5.52. The van der Waals surface area contributed by atoms with Gasteiger partial charge in [0.2, 0.25) is 0 Å². The molecule has 0 spiro atoms. The number of nitrogens with zero attached hydrogens (tertiary/aromatic N) is 2. The Morgan fingerprint density at radius 3 is 2.88 bits per heavy atom. The Morgan fingerprint density at radius 1 is 1.53 bits per heavy atom. The summed E-state index contributed by atoms with van der Waals surface area (Å²) < 4.78 is 3.04. The average molecular weight is 335 g/mol. The van der Waals surface area contributed by atoms with Gasteiger partial charge < -0.3 is 9.88 Å². The normalized spacial score (nSPS) is 11.1. The SMILES string of the molecule is CNCCc1nc(-c2ccc(Br)s2)c(Cl)n1C. The molecule has 2 aromatic rings. The minimum absolute atomic E-state index is 0.699. The zero-order valence-corrected chi connectivity index (χ0v) is 12.8. The first-order valence-corrected chi connectivity index (χ1v) is 7.23. The van der Waals surface area contributed by atoms with Gasteiger partial charge >= 0.3 is 0 Å². The third kappa shape index (κ3) is 2.73. The summed E-state index contributed by atoms with van der Waals surface area (Å²) in [7, 11) is 3.88. The van der Waals surface area contributed by atoms with Gasteiger partial charge in [-0.05, 0) is 35.1 Å². The lowest BCUT2D eigenvalue weighted by Crippen LogP contribution is -2.13. The summed E-state index contributed by atoms with van der Waals surface area (Å²) in [6, 6.07) is 4.04. The molecule has 0 saturated heterocycles. The van der Waals surface area contributed by atoms with Crippen LogP contribution in [-0.4, -0.2) is 23.1 Å². The van der Waals surface area contributed by atoms with Crippen molar-refractivity contribution in [1.29, 1.82) is 0 Å². The molecule has 2 heterocycles. The van der Waals surface area contributed by atoms with Crippen LogP contribution in [0.3, 0.4) is 0 Å². The van der Waals surface area contributed by atoms with E-state index in [-0.39, 0.29) is 0 Å². The second-order valence-corrected chi connectivity index (χ2v) is 6.50. The van der Waals surface area contributed by atoms with Gasteiger partial charge in [-0.25, -0.2) is 4.98 Å². The van der Waals surface area contributed by atoms with Crippen molar-refractivity contribution < 1.29 is 0 Å². The van der Waals surface area contributed by atoms with Crippen molar-refractivity contribution in [3.8, 4) is 10.6 Å². The summed E-state index contributed by atoms with van der Waals surface area (Å²) in [5.41, 5.74) is 0.871. The quantitative estimate of drug-likeness (QED) is 0.929. The Labute approximate surface area is 118 Å². The molecule has 6 heteroatoms. The molecule has 0 aliphatic rings. The lowest BCUT2D eigenvalue weighted by atomic mass is 10.4. The molecule has 3 nitrogen and oxygen atoms in total. The molecule has 1 N–H and O–H groups in total. The first-order valence-electron chi connectivity index (χ1n) is 5.25. The van der Waals surface area contributed by atoms with E-state index in [1.165, 1.54) is 0 Å². The molecule has 0 bridgehead atoms. The first-order chi connectivity index (χ1) is 8.13. The maximum Gasteiger partial charge on any atom is 0.137 e. The lowest BCUT2D eigenvalue weighted by Gasteiger charge is -2.00. The number of aromatic nitrogens is 2. The van der Waals surface area contributed by atoms with Gasteiger partial charge in [0.15, 0.2) is 0 Å². The minimum Gasteiger partial charge on any atom is -0.322 e. The van der Waals surface area contributed by atoms with E-state index in [0.29, 0.717) is 5.15 Å². The highest BCUT2D eigenvalue weighted by Crippen LogP contribution is 2.35. The zero-order chi connectivity index (χ0) is 12.4. The van der Waals surface area contributed by atoms with Crippen LogP contribution in [0.2, 0.25) is 5.15 Å². The highest BCUT2D eigenvalue weighted by Gasteiger charge is 2.15. The van der Waals surface area contributed by atoms with Crippen molar-refractivity contribution in [2.24, 2.45) is 7.05 Å². The second-order valence-electron chi connectivity index (χ2n) is 3.68. The fourth-order valence-corrected chi connectivity index (χ4v) is 3.26. The number of imidazole rings is 1. The Kier molecular flexibility index (Phi) is 4.25. The molecule has 0 unspecified atom stereocenters. The summed E-state index contributed by atoms with van der Waals surface area (Å²) in [5.74, 6) is 1.00. The van der Waals surface area contributed by atoms with E-state index in [1.807, 2.05) is 30.8 Å². The van der Waals surface area contributed by atoms with Crippen molar-refractivity contribution in [3.05, 3.63) is 26.9 Å². The molecule has 2 rings (SSSR count). The van der Waals surface area contributed by atoms with Gasteiger partial charge in [-0.1, -0.05) is 11.6 Å². The standard InChI is InChI=1S/C11H13BrClN3S/c1-14-6-5-9-15-10(11(13)16(9)2)7-3-4-8(12)17-7/h3-4,14H,5-6H2,1-2H3. The Hall–Kier alpha value is -0.360. The largest absolute Gasteiger partial charge is 0.322 e. The molecule has 0 aromatic carbocycles. The van der Waals surface area contributed by atoms with E-state index in [4.69, 9.17) is 11.6 Å². The fourth-order valence-electron chi connectivity index (χ4n) is 1.58. The Balaban J connectivity index is 2.35. The molecule has 0 radical (unpaired) electrons. The summed E-state index contributed by atoms with van der Waals surface area (Å²) >= 11 is 11.4. The number of likely N-dealkylation sites (N-methyl/N-ethyl adjacent to an activating group) is 1. The third-order valence-electron chi connectivity index (χ3n) is 2.52. The maximum atomic E-state index is 6.31. The molecule has 0 amide bonds. The van der Waals surface area contributed by atoms with E-state index in [9.17, 15) is 0 Å². The van der Waals surface area contributed by atoms with E-state index in [2.05, 4.69) is 26.2 Å². The molecule has 17 heavy (non-hydrogen) atoms. The molecule has 0 fully saturated rings. The van der Waals surface area contributed by atoms with Crippen LogP contribution in [0.1, 0.15) is 5.82 Å². The van der Waals surface area contributed by atoms with E-state index >= 15 is 0 Å². The van der Waals surface area contributed by atoms with E-state index in [1.54, 1.807) is 11.3 Å². The van der Waals surface area contributed by atoms with E-state index in [0.717, 1.165) is 33.1 Å². The van der Waals surface area contributed by atoms with Crippen LogP contribution >= 0.6 is 38.9 Å². The predicted octanol–water partition coefficient (Wildman–Crippen LogP) is 3.33. The number of halogens is 2. The number of nitrogens with one attached hydrogen (secondary N) is 1. The molecular weight excluding hydrogens is 322 g/mol. The molecule has 0 aliphatic heterocycles. The molecular formula is C11H13BrClN3S. The highest BCUT2D eigenvalue weighted by molar-refractivity contribution is 9.11. The van der Waals surface area contributed by atoms with E-state index < -0.39 is 0 Å². The number of hydrogen-bond acceptors (Lipinski definition) is 3. The van der Waals surface area contributed by atoms with Crippen LogP contribution in [0.15, 0.2) is 15.9 Å². The summed E-state index contributed by atoms with van der Waals surface area (Å²) in [5, 5.41) is 3.81. The Bertz CT molecular complexity index is 521. The van der Waals surface area contributed by atoms with Gasteiger partial charge in [0.05, 0.1) is 8.66 Å². The average Bonchev–Trinajstić information content (AvgIpc) is 2.84. The first kappa shape index (κ1) is 13.1. The van der Waals surface area contributed by atoms with Gasteiger partial charge in [0, 0.05) is 20.0 Å². The summed E-state index contributed by atoms with van der Waals surface area (Å²) in [6.45, 7) is 0.898. The van der Waals surface area contributed by atoms with Crippen molar-refractivity contribution in [3.63, 3.8) is 0 Å². The maximum absolute atomic E-state index is 6.31. The summed E-state index contributed by atoms with van der Waals surface area (Å²) in [6.07, 6.45) is 0.874. The summed E-state index contributed by atoms with van der Waals surface area (Å²) in [4.78, 5) is 5.70. The topological polar surface area (TPSA) is 29.9 Å². The van der Waals surface area contributed by atoms with Crippen LogP contribution in [0.4, 0.5) is 0 Å². The number of thiophene rings is 1. The van der Waals surface area contributed by atoms with Gasteiger partial charge in [-0.15, -0.1) is 11.3 Å². The molecule has 0 atom stereocenters. The van der Waals surface area contributed by atoms with Gasteiger partial charge in [-0.2, -0.15) is 0 Å². The van der Waals surface area contributed by atoms with Gasteiger partial charge in [0.1, 0.15) is 16.7 Å². The highest BCUT2D eigenvalue weighted by atomic mass is 79.9. The molecule has 0 aliphatic carbocycles. The smallest absolute Gasteiger partial charge is 0.137 e. The van der Waals surface area contributed by atoms with Crippen LogP contribution in [-0.2, 0) is 13.5 Å². The zero-order valence-electron chi connectivity index (χ0n) is 9.63. The molecule has 0 saturated carbocycles. The Morgan fingerprint density at radius 2 is 2.29 bits per heavy atom. The van der Waals surface area contributed by atoms with Crippen LogP contribution in [0.25, 0.3) is 10.6 Å². The number of hydrogen-bond donors (Lipinski definition) is 1. The van der Waals surface area contributed by atoms with Gasteiger partial charge in [0.25, 0.3) is 0 Å². The fraction of sp³-hybridized carbons (Fsp3) is 0.364. The van der Waals surface area contributed by atoms with Crippen molar-refractivity contribution in [2.75, 3.05) is 13.6 Å². The van der Waals surface area contributed by atoms with Crippen molar-refractivity contribution in [1.82, 2.24) is 14.9 Å². The van der Waals surface area contributed by atoms with Gasteiger partial charge in [-0.3, -0.25) is 0 Å². The number of rotatable bonds is 4. The minimum atomic E-state index is 0.699. The van der Waals surface area contributed by atoms with Crippen LogP contribution in [0.5, 0.6) is 0 Å². The van der Waals surface area contributed by atoms with Crippen LogP contribution < -0.4 is 5.32 Å². The molecule has 92 valence electrons.